The topological polar surface area (TPSA) is 9.23 Å². The van der Waals surface area contributed by atoms with Gasteiger partial charge in [-0.1, -0.05) is 24.3 Å². The summed E-state index contributed by atoms with van der Waals surface area (Å²) < 4.78 is 98.4. The van der Waals surface area contributed by atoms with Gasteiger partial charge >= 0.3 is 16.3 Å². The molecule has 0 saturated heterocycles. The van der Waals surface area contributed by atoms with Crippen LogP contribution in [0.1, 0.15) is 11.1 Å². The van der Waals surface area contributed by atoms with E-state index in [1.54, 1.807) is 0 Å². The molecule has 0 fully saturated rings. The third-order valence-electron chi connectivity index (χ3n) is 3.65. The molecule has 0 saturated carbocycles. The molecule has 1 nitrogen and oxygen atoms in total. The number of benzene rings is 2. The van der Waals surface area contributed by atoms with Crippen LogP contribution in [-0.2, 0) is 5.41 Å². The Bertz CT molecular complexity index is 764. The fourth-order valence-corrected chi connectivity index (χ4v) is 2.86. The Balaban J connectivity index is 2.71. The van der Waals surface area contributed by atoms with Gasteiger partial charge in [-0.2, -0.15) is 26.3 Å². The number of ether oxygens (including phenoxy) is 1. The third kappa shape index (κ3) is 4.38. The number of halogens is 10. The van der Waals surface area contributed by atoms with Gasteiger partial charge in [0.2, 0.25) is 5.41 Å². The van der Waals surface area contributed by atoms with Crippen LogP contribution in [0.5, 0.6) is 5.75 Å². The normalized spacial score (nSPS) is 13.6. The minimum Gasteiger partial charge on any atom is -0.446 e. The molecule has 0 unspecified atom stereocenters. The van der Waals surface area contributed by atoms with E-state index in [0.717, 1.165) is 12.1 Å². The van der Waals surface area contributed by atoms with Gasteiger partial charge in [0.15, 0.2) is 0 Å². The Morgan fingerprint density at radius 1 is 0.630 bits per heavy atom. The van der Waals surface area contributed by atoms with E-state index < -0.39 is 38.7 Å². The summed E-state index contributed by atoms with van der Waals surface area (Å²) in [6.45, 7) is 0. The van der Waals surface area contributed by atoms with Crippen LogP contribution in [0.4, 0.5) is 30.7 Å². The lowest BCUT2D eigenvalue weighted by molar-refractivity contribution is -0.288. The summed E-state index contributed by atoms with van der Waals surface area (Å²) in [5.41, 5.74) is -6.75. The maximum absolute atomic E-state index is 13.8. The Kier molecular flexibility index (Phi) is 5.86. The zero-order valence-corrected chi connectivity index (χ0v) is 15.1. The molecule has 0 atom stereocenters. The summed E-state index contributed by atoms with van der Waals surface area (Å²) >= 11 is 16.1. The van der Waals surface area contributed by atoms with Gasteiger partial charge in [0.05, 0.1) is 0 Å². The SMILES string of the molecule is Fc1ccc(C(c2ccc(OC(Cl)(Cl)Cl)cc2)(C(F)(F)F)C(F)(F)F)cc1. The summed E-state index contributed by atoms with van der Waals surface area (Å²) in [6, 6.07) is 4.60. The molecule has 0 spiro atoms. The number of rotatable bonds is 3. The van der Waals surface area contributed by atoms with Gasteiger partial charge in [0.1, 0.15) is 11.6 Å². The zero-order chi connectivity index (χ0) is 20.7. The lowest BCUT2D eigenvalue weighted by Gasteiger charge is -2.38. The maximum atomic E-state index is 13.8. The van der Waals surface area contributed by atoms with Crippen molar-refractivity contribution in [3.63, 3.8) is 0 Å². The minimum absolute atomic E-state index is 0.267. The summed E-state index contributed by atoms with van der Waals surface area (Å²) in [4.78, 5) is 0. The second-order valence-electron chi connectivity index (χ2n) is 5.32. The lowest BCUT2D eigenvalue weighted by atomic mass is 9.73. The van der Waals surface area contributed by atoms with Gasteiger partial charge in [-0.15, -0.1) is 0 Å². The minimum atomic E-state index is -5.79. The van der Waals surface area contributed by atoms with Gasteiger partial charge < -0.3 is 4.74 Å². The maximum Gasteiger partial charge on any atom is 0.411 e. The Hall–Kier alpha value is -1.38. The second-order valence-corrected chi connectivity index (χ2v) is 7.50. The third-order valence-corrected chi connectivity index (χ3v) is 3.88. The molecule has 11 heteroatoms. The molecule has 0 aliphatic heterocycles. The highest BCUT2D eigenvalue weighted by Crippen LogP contribution is 2.56. The second kappa shape index (κ2) is 7.22. The Labute approximate surface area is 163 Å². The molecule has 0 aliphatic rings. The molecular formula is C16H8Cl3F7O. The zero-order valence-electron chi connectivity index (χ0n) is 12.8. The van der Waals surface area contributed by atoms with Crippen LogP contribution < -0.4 is 4.74 Å². The molecule has 0 heterocycles. The molecule has 0 amide bonds. The average Bonchev–Trinajstić information content (AvgIpc) is 2.47. The molecule has 2 aromatic rings. The summed E-state index contributed by atoms with van der Waals surface area (Å²) in [5, 5.41) is 0. The van der Waals surface area contributed by atoms with Crippen LogP contribution in [0.3, 0.4) is 0 Å². The van der Waals surface area contributed by atoms with Crippen molar-refractivity contribution in [2.45, 2.75) is 21.7 Å². The van der Waals surface area contributed by atoms with E-state index in [0.29, 0.717) is 36.4 Å². The van der Waals surface area contributed by atoms with Crippen molar-refractivity contribution in [2.75, 3.05) is 0 Å². The number of hydrogen-bond acceptors (Lipinski definition) is 1. The molecule has 0 N–H and O–H groups in total. The van der Waals surface area contributed by atoms with Crippen LogP contribution in [-0.4, -0.2) is 16.3 Å². The fourth-order valence-electron chi connectivity index (χ4n) is 2.59. The monoisotopic (exact) mass is 454 g/mol. The van der Waals surface area contributed by atoms with E-state index in [4.69, 9.17) is 39.5 Å². The first kappa shape index (κ1) is 21.9. The van der Waals surface area contributed by atoms with Gasteiger partial charge in [-0.05, 0) is 70.2 Å². The smallest absolute Gasteiger partial charge is 0.411 e. The van der Waals surface area contributed by atoms with Crippen LogP contribution in [0.15, 0.2) is 48.5 Å². The molecule has 2 rings (SSSR count). The molecule has 0 aromatic heterocycles. The standard InChI is InChI=1S/C16H8Cl3F7O/c17-16(18,19)27-12-7-3-10(4-8-12)13(14(21,22)23,15(24,25)26)9-1-5-11(20)6-2-9/h1-8H. The highest BCUT2D eigenvalue weighted by atomic mass is 35.6. The Morgan fingerprint density at radius 2 is 1.00 bits per heavy atom. The first-order valence-electron chi connectivity index (χ1n) is 6.94. The molecule has 0 bridgehead atoms. The molecule has 2 aromatic carbocycles. The predicted molar refractivity (Wildman–Crippen MR) is 86.7 cm³/mol. The van der Waals surface area contributed by atoms with Crippen LogP contribution in [0.25, 0.3) is 0 Å². The van der Waals surface area contributed by atoms with E-state index in [1.807, 2.05) is 0 Å². The molecule has 27 heavy (non-hydrogen) atoms. The fraction of sp³-hybridized carbons (Fsp3) is 0.250. The van der Waals surface area contributed by atoms with Crippen molar-refractivity contribution in [3.05, 3.63) is 65.5 Å². The molecule has 148 valence electrons. The van der Waals surface area contributed by atoms with Crippen molar-refractivity contribution < 1.29 is 35.5 Å². The highest BCUT2D eigenvalue weighted by molar-refractivity contribution is 6.66. The van der Waals surface area contributed by atoms with E-state index in [2.05, 4.69) is 0 Å². The van der Waals surface area contributed by atoms with Crippen LogP contribution in [0, 0.1) is 5.82 Å². The van der Waals surface area contributed by atoms with Gasteiger partial charge in [0, 0.05) is 0 Å². The van der Waals surface area contributed by atoms with E-state index in [1.165, 1.54) is 0 Å². The predicted octanol–water partition coefficient (Wildman–Crippen LogP) is 6.94. The summed E-state index contributed by atoms with van der Waals surface area (Å²) in [5.74, 6) is -1.25. The van der Waals surface area contributed by atoms with Crippen molar-refractivity contribution in [2.24, 2.45) is 0 Å². The quantitative estimate of drug-likeness (QED) is 0.360. The van der Waals surface area contributed by atoms with Crippen LogP contribution >= 0.6 is 34.8 Å². The molecule has 0 radical (unpaired) electrons. The van der Waals surface area contributed by atoms with E-state index >= 15 is 0 Å². The number of hydrogen-bond donors (Lipinski definition) is 0. The number of alkyl halides is 9. The van der Waals surface area contributed by atoms with Gasteiger partial charge in [-0.3, -0.25) is 0 Å². The van der Waals surface area contributed by atoms with Crippen LogP contribution in [0.2, 0.25) is 0 Å². The van der Waals surface area contributed by atoms with Crippen molar-refractivity contribution in [3.8, 4) is 5.75 Å². The van der Waals surface area contributed by atoms with Crippen molar-refractivity contribution in [1.82, 2.24) is 0 Å². The first-order valence-corrected chi connectivity index (χ1v) is 8.07. The van der Waals surface area contributed by atoms with Crippen molar-refractivity contribution in [1.29, 1.82) is 0 Å². The van der Waals surface area contributed by atoms with E-state index in [9.17, 15) is 30.7 Å². The average molecular weight is 456 g/mol. The Morgan fingerprint density at radius 3 is 1.33 bits per heavy atom. The first-order chi connectivity index (χ1) is 12.2. The summed E-state index contributed by atoms with van der Waals surface area (Å²) in [7, 11) is 0. The lowest BCUT2D eigenvalue weighted by Crippen LogP contribution is -2.54. The molecular weight excluding hydrogens is 448 g/mol. The van der Waals surface area contributed by atoms with Gasteiger partial charge in [-0.25, -0.2) is 4.39 Å². The van der Waals surface area contributed by atoms with E-state index in [-0.39, 0.29) is 5.75 Å². The summed E-state index contributed by atoms with van der Waals surface area (Å²) in [6.07, 6.45) is -11.6. The van der Waals surface area contributed by atoms with Gasteiger partial charge in [0.25, 0.3) is 0 Å². The largest absolute Gasteiger partial charge is 0.446 e. The highest BCUT2D eigenvalue weighted by Gasteiger charge is 2.72. The molecule has 0 aliphatic carbocycles. The van der Waals surface area contributed by atoms with Crippen molar-refractivity contribution >= 4 is 34.8 Å².